The lowest BCUT2D eigenvalue weighted by Crippen LogP contribution is -2.25. The number of halogens is 6. The van der Waals surface area contributed by atoms with Crippen LogP contribution in [-0.2, 0) is 19.1 Å². The Morgan fingerprint density at radius 2 is 0.917 bits per heavy atom. The third-order valence-electron chi connectivity index (χ3n) is 14.8. The summed E-state index contributed by atoms with van der Waals surface area (Å²) >= 11 is 0. The van der Waals surface area contributed by atoms with Gasteiger partial charge in [0.15, 0.2) is 26.1 Å². The van der Waals surface area contributed by atoms with Crippen LogP contribution in [0.1, 0.15) is 90.9 Å². The number of aliphatic carboxylic acids is 1. The van der Waals surface area contributed by atoms with Gasteiger partial charge in [-0.2, -0.15) is 26.3 Å². The molecule has 464 valence electrons. The van der Waals surface area contributed by atoms with Crippen LogP contribution in [0.2, 0.25) is 0 Å². The van der Waals surface area contributed by atoms with Gasteiger partial charge in [0.25, 0.3) is 17.8 Å². The zero-order valence-electron chi connectivity index (χ0n) is 47.4. The van der Waals surface area contributed by atoms with E-state index in [1.807, 2.05) is 24.3 Å². The summed E-state index contributed by atoms with van der Waals surface area (Å²) in [5, 5.41) is 68.9. The number of hydrogen-bond acceptors (Lipinski definition) is 13. The highest BCUT2D eigenvalue weighted by Crippen LogP contribution is 2.44. The molecular formula is C64H82F6O14. The topological polar surface area (TPSA) is 222 Å². The second-order valence-corrected chi connectivity index (χ2v) is 21.9. The van der Waals surface area contributed by atoms with Gasteiger partial charge in [0.1, 0.15) is 17.2 Å². The van der Waals surface area contributed by atoms with E-state index in [2.05, 4.69) is 0 Å². The minimum Gasteiger partial charge on any atom is -0.487 e. The second kappa shape index (κ2) is 34.2. The van der Waals surface area contributed by atoms with Gasteiger partial charge in [0, 0.05) is 56.3 Å². The van der Waals surface area contributed by atoms with Crippen molar-refractivity contribution in [3.8, 4) is 17.2 Å². The number of aliphatic hydroxyl groups is 6. The predicted octanol–water partition coefficient (Wildman–Crippen LogP) is 10.9. The fraction of sp³-hybridized carbons (Fsp3) is 0.531. The smallest absolute Gasteiger partial charge is 0.306 e. The Morgan fingerprint density at radius 3 is 1.31 bits per heavy atom. The molecule has 7 rings (SSSR count). The molecule has 0 radical (unpaired) electrons. The monoisotopic (exact) mass is 1190 g/mol. The average molecular weight is 1190 g/mol. The second-order valence-electron chi connectivity index (χ2n) is 21.9. The van der Waals surface area contributed by atoms with E-state index in [1.54, 1.807) is 105 Å². The van der Waals surface area contributed by atoms with Gasteiger partial charge in [0.2, 0.25) is 0 Å². The minimum atomic E-state index is -3.21. The SMILES string of the molecule is CC(C)OC(=O)CCC/C=C\C[C@@H]1[C@@H](/C=C/C(F)(F)COc2ccccc2)[C@H](O)C[C@@H]1O.O=C(O)CCC/C=C\C[C@@H]1[C@@H](/C=C/C(F)(F)COc2ccccc2)[C@H](O)C[C@@H]1O.OC1CC2[C@H](C[C@@H](O)[C@@H]2/C=C/C(F)(F)COc2ccccc2)O1. The predicted molar refractivity (Wildman–Crippen MR) is 302 cm³/mol. The molecule has 7 N–H and O–H groups in total. The summed E-state index contributed by atoms with van der Waals surface area (Å²) in [5.74, 6) is -12.0. The molecule has 20 heteroatoms. The molecule has 4 fully saturated rings. The Hall–Kier alpha value is -6.00. The molecule has 1 aliphatic heterocycles. The molecule has 84 heavy (non-hydrogen) atoms. The summed E-state index contributed by atoms with van der Waals surface area (Å²) in [6.07, 6.45) is 13.1. The lowest BCUT2D eigenvalue weighted by molar-refractivity contribution is -0.147. The van der Waals surface area contributed by atoms with Crippen molar-refractivity contribution in [3.05, 3.63) is 152 Å². The molecule has 0 amide bonds. The van der Waals surface area contributed by atoms with E-state index < -0.39 is 98.1 Å². The molecule has 13 atom stereocenters. The van der Waals surface area contributed by atoms with Gasteiger partial charge in [-0.05, 0) is 125 Å². The van der Waals surface area contributed by atoms with Crippen molar-refractivity contribution in [2.45, 2.75) is 158 Å². The first-order valence-corrected chi connectivity index (χ1v) is 28.6. The summed E-state index contributed by atoms with van der Waals surface area (Å²) < 4.78 is 110. The first-order valence-electron chi connectivity index (χ1n) is 28.6. The molecule has 3 saturated carbocycles. The fourth-order valence-corrected chi connectivity index (χ4v) is 10.5. The van der Waals surface area contributed by atoms with Crippen molar-refractivity contribution < 1.29 is 95.4 Å². The Bertz CT molecular complexity index is 2530. The highest BCUT2D eigenvalue weighted by Gasteiger charge is 2.48. The van der Waals surface area contributed by atoms with Gasteiger partial charge in [-0.1, -0.05) is 97.1 Å². The minimum absolute atomic E-state index is 0.0839. The van der Waals surface area contributed by atoms with Crippen molar-refractivity contribution in [1.82, 2.24) is 0 Å². The number of ether oxygens (including phenoxy) is 5. The number of allylic oxidation sites excluding steroid dienone is 4. The maximum Gasteiger partial charge on any atom is 0.306 e. The number of fused-ring (bicyclic) bond motifs is 1. The lowest BCUT2D eigenvalue weighted by atomic mass is 9.89. The van der Waals surface area contributed by atoms with E-state index in [4.69, 9.17) is 28.8 Å². The van der Waals surface area contributed by atoms with Crippen LogP contribution in [0, 0.1) is 35.5 Å². The van der Waals surface area contributed by atoms with Crippen molar-refractivity contribution in [2.75, 3.05) is 19.8 Å². The number of rotatable bonds is 28. The number of alkyl halides is 6. The standard InChI is InChI=1S/C25H34F2O5.C22H28F2O5.C17H20F2O4/c1-18(2)32-24(30)13-9-4-3-8-12-20-21(23(29)16-22(20)28)14-15-25(26,27)17-31-19-10-6-5-7-11-19;23-22(24,15-29-16-8-4-3-5-9-16)13-12-18-17(19(25)14-20(18)26)10-6-1-2-7-11-21(27)28;18-17(19,10-22-11-4-2-1-3-5-11)7-6-12-13-8-16(21)23-15(13)9-14(12)20/h3,5-8,10-11,14-15,18,20-23,28-29H,4,9,12-13,16-17H2,1-2H3;1,3-6,8-9,12-13,17-20,25-26H,2,7,10-11,14-15H2,(H,27,28);1-7,12-16,20-21H,8-10H2/b8-3-,15-14+;6-1-,13-12+;7-6+/t20-,21-,22+,23-;17-,18-,19+,20-;12-,13?,14-,15+,16?/m111/s1. The van der Waals surface area contributed by atoms with Crippen LogP contribution in [0.3, 0.4) is 0 Å². The highest BCUT2D eigenvalue weighted by molar-refractivity contribution is 5.69. The number of carbonyl (C=O) groups excluding carboxylic acids is 1. The maximum atomic E-state index is 14.2. The average Bonchev–Trinajstić information content (AvgIpc) is 3.72. The number of carboxylic acids is 1. The zero-order valence-corrected chi connectivity index (χ0v) is 47.4. The molecule has 3 aromatic carbocycles. The molecule has 0 bridgehead atoms. The fourth-order valence-electron chi connectivity index (χ4n) is 10.5. The molecular weight excluding hydrogens is 1110 g/mol. The van der Waals surface area contributed by atoms with E-state index in [0.29, 0.717) is 75.0 Å². The first kappa shape index (κ1) is 68.8. The number of carbonyl (C=O) groups is 2. The van der Waals surface area contributed by atoms with Gasteiger partial charge < -0.3 is 59.4 Å². The van der Waals surface area contributed by atoms with E-state index in [0.717, 1.165) is 18.2 Å². The molecule has 3 aliphatic carbocycles. The van der Waals surface area contributed by atoms with Crippen LogP contribution in [0.5, 0.6) is 17.2 Å². The summed E-state index contributed by atoms with van der Waals surface area (Å²) in [4.78, 5) is 22.0. The van der Waals surface area contributed by atoms with E-state index >= 15 is 0 Å². The number of aliphatic hydroxyl groups excluding tert-OH is 6. The Balaban J connectivity index is 0.000000233. The van der Waals surface area contributed by atoms with Gasteiger partial charge in [-0.3, -0.25) is 9.59 Å². The van der Waals surface area contributed by atoms with Crippen molar-refractivity contribution in [3.63, 3.8) is 0 Å². The molecule has 4 aliphatic rings. The van der Waals surface area contributed by atoms with Crippen molar-refractivity contribution in [2.24, 2.45) is 35.5 Å². The van der Waals surface area contributed by atoms with Gasteiger partial charge in [0.05, 0.1) is 42.7 Å². The highest BCUT2D eigenvalue weighted by atomic mass is 19.3. The number of esters is 1. The van der Waals surface area contributed by atoms with Gasteiger partial charge in [-0.25, -0.2) is 0 Å². The van der Waals surface area contributed by atoms with Crippen LogP contribution >= 0.6 is 0 Å². The Kier molecular flexibility index (Phi) is 28.0. The molecule has 0 spiro atoms. The van der Waals surface area contributed by atoms with E-state index in [9.17, 15) is 66.6 Å². The maximum absolute atomic E-state index is 14.2. The summed E-state index contributed by atoms with van der Waals surface area (Å²) in [6.45, 7) is 1.23. The van der Waals surface area contributed by atoms with Crippen LogP contribution in [-0.4, -0.2) is 134 Å². The van der Waals surface area contributed by atoms with E-state index in [1.165, 1.54) is 18.2 Å². The molecule has 1 heterocycles. The van der Waals surface area contributed by atoms with Crippen LogP contribution < -0.4 is 14.2 Å². The van der Waals surface area contributed by atoms with Gasteiger partial charge >= 0.3 is 11.9 Å². The molecule has 14 nitrogen and oxygen atoms in total. The molecule has 0 aromatic heterocycles. The first-order chi connectivity index (χ1) is 39.9. The van der Waals surface area contributed by atoms with Crippen molar-refractivity contribution in [1.29, 1.82) is 0 Å². The van der Waals surface area contributed by atoms with Gasteiger partial charge in [-0.15, -0.1) is 0 Å². The molecule has 1 saturated heterocycles. The lowest BCUT2D eigenvalue weighted by Gasteiger charge is -2.20. The van der Waals surface area contributed by atoms with Crippen LogP contribution in [0.15, 0.2) is 152 Å². The molecule has 2 unspecified atom stereocenters. The largest absolute Gasteiger partial charge is 0.487 e. The summed E-state index contributed by atoms with van der Waals surface area (Å²) in [5.41, 5.74) is 0. The van der Waals surface area contributed by atoms with Crippen LogP contribution in [0.25, 0.3) is 0 Å². The Morgan fingerprint density at radius 1 is 0.536 bits per heavy atom. The zero-order chi connectivity index (χ0) is 61.3. The van der Waals surface area contributed by atoms with E-state index in [-0.39, 0.29) is 55.2 Å². The van der Waals surface area contributed by atoms with Crippen molar-refractivity contribution >= 4 is 11.9 Å². The summed E-state index contributed by atoms with van der Waals surface area (Å²) in [6, 6.07) is 25.2. The number of hydrogen-bond donors (Lipinski definition) is 7. The summed E-state index contributed by atoms with van der Waals surface area (Å²) in [7, 11) is 0. The number of para-hydroxylation sites is 3. The number of carboxylic acid groups (broad SMARTS) is 1. The normalized spacial score (nSPS) is 27.1. The quantitative estimate of drug-likeness (QED) is 0.0156. The van der Waals surface area contributed by atoms with Crippen LogP contribution in [0.4, 0.5) is 26.3 Å². The number of unbranched alkanes of at least 4 members (excludes halogenated alkanes) is 2. The number of benzene rings is 3. The third kappa shape index (κ3) is 24.5. The Labute approximate surface area is 487 Å². The molecule has 3 aromatic rings. The third-order valence-corrected chi connectivity index (χ3v) is 14.8.